The molecule has 0 unspecified atom stereocenters. The zero-order valence-corrected chi connectivity index (χ0v) is 12.2. The Labute approximate surface area is 115 Å². The maximum atomic E-state index is 11.8. The number of carbonyl (C=O) groups is 2. The van der Waals surface area contributed by atoms with Gasteiger partial charge in [-0.05, 0) is 32.6 Å². The Kier molecular flexibility index (Phi) is 5.63. The number of carbonyl (C=O) groups excluding carboxylic acids is 1. The van der Waals surface area contributed by atoms with Crippen molar-refractivity contribution >= 4 is 12.0 Å². The van der Waals surface area contributed by atoms with Gasteiger partial charge in [0.15, 0.2) is 0 Å². The van der Waals surface area contributed by atoms with E-state index in [-0.39, 0.29) is 6.03 Å². The highest BCUT2D eigenvalue weighted by Crippen LogP contribution is 2.28. The summed E-state index contributed by atoms with van der Waals surface area (Å²) in [6, 6.07) is -0.321. The van der Waals surface area contributed by atoms with Crippen LogP contribution in [0.15, 0.2) is 0 Å². The molecule has 0 aromatic rings. The molecule has 1 aliphatic carbocycles. The average molecular weight is 270 g/mol. The van der Waals surface area contributed by atoms with Crippen molar-refractivity contribution in [2.24, 2.45) is 5.92 Å². The van der Waals surface area contributed by atoms with Gasteiger partial charge in [-0.1, -0.05) is 25.7 Å². The SMILES string of the molecule is CN(C(=O)NCCCC1CCCC1)C(C)(C)C(=O)O. The number of amides is 2. The Hall–Kier alpha value is -1.26. The number of hydrogen-bond acceptors (Lipinski definition) is 2. The van der Waals surface area contributed by atoms with Gasteiger partial charge in [-0.2, -0.15) is 0 Å². The first-order valence-corrected chi connectivity index (χ1v) is 7.10. The number of nitrogens with one attached hydrogen (secondary N) is 1. The van der Waals surface area contributed by atoms with Crippen LogP contribution < -0.4 is 5.32 Å². The highest BCUT2D eigenvalue weighted by Gasteiger charge is 2.35. The van der Waals surface area contributed by atoms with Gasteiger partial charge >= 0.3 is 12.0 Å². The normalized spacial score (nSPS) is 16.4. The second-order valence-corrected chi connectivity index (χ2v) is 5.95. The summed E-state index contributed by atoms with van der Waals surface area (Å²) in [6.07, 6.45) is 7.45. The fourth-order valence-corrected chi connectivity index (χ4v) is 2.40. The van der Waals surface area contributed by atoms with Crippen LogP contribution in [0.1, 0.15) is 52.4 Å². The van der Waals surface area contributed by atoms with E-state index in [0.717, 1.165) is 18.8 Å². The molecule has 1 rings (SSSR count). The topological polar surface area (TPSA) is 69.6 Å². The average Bonchev–Trinajstić information content (AvgIpc) is 2.86. The Morgan fingerprint density at radius 3 is 2.42 bits per heavy atom. The van der Waals surface area contributed by atoms with E-state index in [9.17, 15) is 9.59 Å². The van der Waals surface area contributed by atoms with E-state index in [1.165, 1.54) is 51.5 Å². The molecule has 5 nitrogen and oxygen atoms in total. The van der Waals surface area contributed by atoms with E-state index in [1.54, 1.807) is 0 Å². The van der Waals surface area contributed by atoms with Crippen LogP contribution in [0.25, 0.3) is 0 Å². The van der Waals surface area contributed by atoms with E-state index >= 15 is 0 Å². The van der Waals surface area contributed by atoms with Crippen LogP contribution in [0.2, 0.25) is 0 Å². The maximum absolute atomic E-state index is 11.8. The number of aliphatic carboxylic acids is 1. The van der Waals surface area contributed by atoms with Crippen LogP contribution in [0.4, 0.5) is 4.79 Å². The molecule has 0 saturated heterocycles. The molecule has 0 bridgehead atoms. The molecule has 0 aromatic heterocycles. The first kappa shape index (κ1) is 15.8. The van der Waals surface area contributed by atoms with Crippen molar-refractivity contribution in [1.29, 1.82) is 0 Å². The molecule has 0 heterocycles. The van der Waals surface area contributed by atoms with Gasteiger partial charge in [0, 0.05) is 13.6 Å². The Balaban J connectivity index is 2.24. The predicted molar refractivity (Wildman–Crippen MR) is 74.1 cm³/mol. The van der Waals surface area contributed by atoms with Gasteiger partial charge in [0.05, 0.1) is 0 Å². The van der Waals surface area contributed by atoms with Crippen LogP contribution in [0.3, 0.4) is 0 Å². The molecule has 1 fully saturated rings. The Morgan fingerprint density at radius 1 is 1.32 bits per heavy atom. The number of carboxylic acid groups (broad SMARTS) is 1. The number of urea groups is 1. The van der Waals surface area contributed by atoms with E-state index < -0.39 is 11.5 Å². The molecule has 2 amide bonds. The summed E-state index contributed by atoms with van der Waals surface area (Å²) in [5.41, 5.74) is -1.18. The van der Waals surface area contributed by atoms with Crippen LogP contribution in [-0.4, -0.2) is 41.1 Å². The lowest BCUT2D eigenvalue weighted by Gasteiger charge is -2.31. The van der Waals surface area contributed by atoms with Gasteiger partial charge < -0.3 is 15.3 Å². The molecule has 0 aliphatic heterocycles. The molecule has 2 N–H and O–H groups in total. The summed E-state index contributed by atoms with van der Waals surface area (Å²) in [5.74, 6) is -0.179. The maximum Gasteiger partial charge on any atom is 0.329 e. The Bertz CT molecular complexity index is 323. The Morgan fingerprint density at radius 2 is 1.89 bits per heavy atom. The van der Waals surface area contributed by atoms with Crippen LogP contribution in [0.5, 0.6) is 0 Å². The highest BCUT2D eigenvalue weighted by atomic mass is 16.4. The van der Waals surface area contributed by atoms with Crippen molar-refractivity contribution in [3.05, 3.63) is 0 Å². The number of carboxylic acids is 1. The van der Waals surface area contributed by atoms with Crippen molar-refractivity contribution < 1.29 is 14.7 Å². The molecular formula is C14H26N2O3. The minimum Gasteiger partial charge on any atom is -0.480 e. The van der Waals surface area contributed by atoms with Gasteiger partial charge in [0.2, 0.25) is 0 Å². The fraction of sp³-hybridized carbons (Fsp3) is 0.857. The summed E-state index contributed by atoms with van der Waals surface area (Å²) in [5, 5.41) is 11.8. The lowest BCUT2D eigenvalue weighted by atomic mass is 10.0. The van der Waals surface area contributed by atoms with E-state index in [1.807, 2.05) is 0 Å². The summed E-state index contributed by atoms with van der Waals surface area (Å²) >= 11 is 0. The minimum absolute atomic E-state index is 0.321. The van der Waals surface area contributed by atoms with Crippen molar-refractivity contribution in [3.63, 3.8) is 0 Å². The number of hydrogen-bond donors (Lipinski definition) is 2. The molecule has 0 aromatic carbocycles. The van der Waals surface area contributed by atoms with Crippen molar-refractivity contribution in [2.75, 3.05) is 13.6 Å². The number of likely N-dealkylation sites (N-methyl/N-ethyl adjacent to an activating group) is 1. The van der Waals surface area contributed by atoms with Gasteiger partial charge in [-0.15, -0.1) is 0 Å². The standard InChI is InChI=1S/C14H26N2O3/c1-14(2,12(17)18)16(3)13(19)15-10-6-9-11-7-4-5-8-11/h11H,4-10H2,1-3H3,(H,15,19)(H,17,18). The smallest absolute Gasteiger partial charge is 0.329 e. The number of rotatable bonds is 6. The van der Waals surface area contributed by atoms with Gasteiger partial charge in [-0.25, -0.2) is 9.59 Å². The monoisotopic (exact) mass is 270 g/mol. The third-order valence-corrected chi connectivity index (χ3v) is 4.21. The molecule has 0 atom stereocenters. The predicted octanol–water partition coefficient (Wildman–Crippen LogP) is 2.46. The number of nitrogens with zero attached hydrogens (tertiary/aromatic N) is 1. The van der Waals surface area contributed by atoms with Crippen LogP contribution >= 0.6 is 0 Å². The largest absolute Gasteiger partial charge is 0.480 e. The summed E-state index contributed by atoms with van der Waals surface area (Å²) < 4.78 is 0. The lowest BCUT2D eigenvalue weighted by molar-refractivity contribution is -0.146. The third kappa shape index (κ3) is 4.40. The van der Waals surface area contributed by atoms with Crippen LogP contribution in [-0.2, 0) is 4.79 Å². The third-order valence-electron chi connectivity index (χ3n) is 4.21. The first-order valence-electron chi connectivity index (χ1n) is 7.10. The molecule has 1 aliphatic rings. The molecule has 5 heteroatoms. The van der Waals surface area contributed by atoms with Crippen molar-refractivity contribution in [1.82, 2.24) is 10.2 Å². The molecule has 1 saturated carbocycles. The summed E-state index contributed by atoms with van der Waals surface area (Å²) in [4.78, 5) is 24.1. The van der Waals surface area contributed by atoms with E-state index in [0.29, 0.717) is 6.54 Å². The molecule has 0 spiro atoms. The first-order chi connectivity index (χ1) is 8.85. The second kappa shape index (κ2) is 6.78. The van der Waals surface area contributed by atoms with Crippen LogP contribution in [0, 0.1) is 5.92 Å². The quantitative estimate of drug-likeness (QED) is 0.728. The molecule has 0 radical (unpaired) electrons. The zero-order valence-electron chi connectivity index (χ0n) is 12.2. The molecule has 19 heavy (non-hydrogen) atoms. The van der Waals surface area contributed by atoms with E-state index in [2.05, 4.69) is 5.32 Å². The summed E-state index contributed by atoms with van der Waals surface area (Å²) in [7, 11) is 1.51. The fourth-order valence-electron chi connectivity index (χ4n) is 2.40. The van der Waals surface area contributed by atoms with Crippen molar-refractivity contribution in [3.8, 4) is 0 Å². The van der Waals surface area contributed by atoms with Gasteiger partial charge in [0.1, 0.15) is 5.54 Å². The van der Waals surface area contributed by atoms with E-state index in [4.69, 9.17) is 5.11 Å². The second-order valence-electron chi connectivity index (χ2n) is 5.95. The molecule has 110 valence electrons. The minimum atomic E-state index is -1.18. The zero-order chi connectivity index (χ0) is 14.5. The van der Waals surface area contributed by atoms with Gasteiger partial charge in [0.25, 0.3) is 0 Å². The molecular weight excluding hydrogens is 244 g/mol. The van der Waals surface area contributed by atoms with Crippen molar-refractivity contribution in [2.45, 2.75) is 57.9 Å². The van der Waals surface area contributed by atoms with Gasteiger partial charge in [-0.3, -0.25) is 0 Å². The lowest BCUT2D eigenvalue weighted by Crippen LogP contribution is -2.54. The highest BCUT2D eigenvalue weighted by molar-refractivity contribution is 5.85. The summed E-state index contributed by atoms with van der Waals surface area (Å²) in [6.45, 7) is 3.66.